The van der Waals surface area contributed by atoms with Gasteiger partial charge < -0.3 is 15.7 Å². The molecule has 7 heteroatoms. The molecule has 0 saturated carbocycles. The fourth-order valence-corrected chi connectivity index (χ4v) is 3.98. The van der Waals surface area contributed by atoms with Gasteiger partial charge in [-0.2, -0.15) is 0 Å². The minimum absolute atomic E-state index is 0.123. The number of nitrogens with zero attached hydrogens (tertiary/aromatic N) is 2. The molecule has 2 aliphatic heterocycles. The van der Waals surface area contributed by atoms with Crippen LogP contribution in [0.25, 0.3) is 0 Å². The number of rotatable bonds is 6. The molecular weight excluding hydrogens is 284 g/mol. The molecule has 0 aromatic rings. The highest BCUT2D eigenvalue weighted by Crippen LogP contribution is 2.37. The van der Waals surface area contributed by atoms with Gasteiger partial charge in [-0.1, -0.05) is 6.92 Å². The lowest BCUT2D eigenvalue weighted by Crippen LogP contribution is -2.72. The molecular formula is C15H28N4O3. The third-order valence-electron chi connectivity index (χ3n) is 5.13. The normalized spacial score (nSPS) is 31.0. The minimum atomic E-state index is -0.748. The quantitative estimate of drug-likeness (QED) is 0.535. The maximum Gasteiger partial charge on any atom is 0.242 e. The van der Waals surface area contributed by atoms with E-state index in [9.17, 15) is 14.7 Å². The number of β-lactam (4-membered cyclic amide) rings is 1. The first-order chi connectivity index (χ1) is 10.4. The maximum atomic E-state index is 12.0. The Hall–Kier alpha value is -1.18. The first-order valence-corrected chi connectivity index (χ1v) is 8.02. The smallest absolute Gasteiger partial charge is 0.242 e. The summed E-state index contributed by atoms with van der Waals surface area (Å²) in [6.07, 6.45) is 1.05. The largest absolute Gasteiger partial charge is 0.391 e. The second-order valence-corrected chi connectivity index (χ2v) is 6.43. The molecule has 2 saturated heterocycles. The number of nitrogens with one attached hydrogen (secondary N) is 2. The van der Waals surface area contributed by atoms with E-state index in [0.29, 0.717) is 6.54 Å². The maximum absolute atomic E-state index is 12.0. The van der Waals surface area contributed by atoms with Crippen molar-refractivity contribution in [3.8, 4) is 0 Å². The summed E-state index contributed by atoms with van der Waals surface area (Å²) in [6, 6.07) is -0.345. The number of aliphatic hydroxyl groups is 1. The predicted molar refractivity (Wildman–Crippen MR) is 83.3 cm³/mol. The van der Waals surface area contributed by atoms with Gasteiger partial charge in [-0.05, 0) is 33.4 Å². The molecule has 0 bridgehead atoms. The van der Waals surface area contributed by atoms with Crippen molar-refractivity contribution in [3.05, 3.63) is 0 Å². The number of aliphatic hydroxyl groups excluding tert-OH is 1. The first kappa shape index (κ1) is 17.2. The van der Waals surface area contributed by atoms with Crippen LogP contribution in [0.3, 0.4) is 0 Å². The zero-order valence-corrected chi connectivity index (χ0v) is 13.9. The van der Waals surface area contributed by atoms with Crippen molar-refractivity contribution in [2.45, 2.75) is 50.4 Å². The van der Waals surface area contributed by atoms with Crippen molar-refractivity contribution in [2.24, 2.45) is 0 Å². The van der Waals surface area contributed by atoms with Gasteiger partial charge >= 0.3 is 0 Å². The Morgan fingerprint density at radius 1 is 1.64 bits per heavy atom. The van der Waals surface area contributed by atoms with Crippen LogP contribution in [0.2, 0.25) is 0 Å². The molecule has 2 unspecified atom stereocenters. The summed E-state index contributed by atoms with van der Waals surface area (Å²) in [5.41, 5.74) is -0.340. The highest BCUT2D eigenvalue weighted by atomic mass is 16.3. The first-order valence-electron chi connectivity index (χ1n) is 8.02. The molecule has 0 aromatic carbocycles. The van der Waals surface area contributed by atoms with Crippen LogP contribution in [0.4, 0.5) is 0 Å². The lowest BCUT2D eigenvalue weighted by atomic mass is 9.88. The summed E-state index contributed by atoms with van der Waals surface area (Å²) >= 11 is 0. The Morgan fingerprint density at radius 2 is 2.32 bits per heavy atom. The van der Waals surface area contributed by atoms with Crippen LogP contribution in [0.5, 0.6) is 0 Å². The Balaban J connectivity index is 2.06. The molecule has 7 nitrogen and oxygen atoms in total. The topological polar surface area (TPSA) is 84.9 Å². The lowest BCUT2D eigenvalue weighted by Gasteiger charge is -2.46. The standard InChI is InChI=1S/C15H28N4O3/c1-5-19-11(6-7-15(19)9-17-14(15)22)8-18(4)12(10(2)20)13(21)16-3/h10-12,20H,5-9H2,1-4H3,(H,16,21)(H,17,22)/t10-,11?,12+,15?/m1/s1. The molecule has 2 amide bonds. The molecule has 2 fully saturated rings. The van der Waals surface area contributed by atoms with E-state index in [1.54, 1.807) is 14.0 Å². The summed E-state index contributed by atoms with van der Waals surface area (Å²) in [5, 5.41) is 15.4. The highest BCUT2D eigenvalue weighted by Gasteiger charge is 2.56. The minimum Gasteiger partial charge on any atom is -0.391 e. The van der Waals surface area contributed by atoms with Gasteiger partial charge in [0.15, 0.2) is 0 Å². The van der Waals surface area contributed by atoms with Crippen LogP contribution in [0, 0.1) is 0 Å². The van der Waals surface area contributed by atoms with Gasteiger partial charge in [0.1, 0.15) is 11.6 Å². The average Bonchev–Trinajstić information content (AvgIpc) is 2.85. The van der Waals surface area contributed by atoms with E-state index in [4.69, 9.17) is 0 Å². The Morgan fingerprint density at radius 3 is 2.73 bits per heavy atom. The second kappa shape index (κ2) is 6.52. The zero-order valence-electron chi connectivity index (χ0n) is 13.9. The van der Waals surface area contributed by atoms with E-state index in [1.165, 1.54) is 0 Å². The van der Waals surface area contributed by atoms with Crippen molar-refractivity contribution < 1.29 is 14.7 Å². The molecule has 2 heterocycles. The molecule has 126 valence electrons. The monoisotopic (exact) mass is 312 g/mol. The summed E-state index contributed by atoms with van der Waals surface area (Å²) in [6.45, 7) is 5.88. The molecule has 1 spiro atoms. The Kier molecular flexibility index (Phi) is 5.09. The number of likely N-dealkylation sites (N-methyl/N-ethyl adjacent to an activating group) is 3. The van der Waals surface area contributed by atoms with E-state index in [1.807, 2.05) is 11.9 Å². The molecule has 4 atom stereocenters. The van der Waals surface area contributed by atoms with Gasteiger partial charge in [0.05, 0.1) is 6.10 Å². The summed E-state index contributed by atoms with van der Waals surface area (Å²) in [7, 11) is 3.43. The van der Waals surface area contributed by atoms with Crippen molar-refractivity contribution in [3.63, 3.8) is 0 Å². The zero-order chi connectivity index (χ0) is 16.5. The van der Waals surface area contributed by atoms with E-state index in [-0.39, 0.29) is 23.4 Å². The van der Waals surface area contributed by atoms with Crippen LogP contribution in [0.1, 0.15) is 26.7 Å². The number of carbonyl (C=O) groups is 2. The summed E-state index contributed by atoms with van der Waals surface area (Å²) in [4.78, 5) is 28.1. The van der Waals surface area contributed by atoms with E-state index < -0.39 is 12.1 Å². The van der Waals surface area contributed by atoms with Gasteiger partial charge in [0.25, 0.3) is 0 Å². The number of hydrogen-bond acceptors (Lipinski definition) is 5. The van der Waals surface area contributed by atoms with Crippen molar-refractivity contribution in [1.29, 1.82) is 0 Å². The van der Waals surface area contributed by atoms with Gasteiger partial charge in [0.2, 0.25) is 11.8 Å². The molecule has 0 aromatic heterocycles. The predicted octanol–water partition coefficient (Wildman–Crippen LogP) is -1.23. The molecule has 2 rings (SSSR count). The third kappa shape index (κ3) is 2.73. The van der Waals surface area contributed by atoms with Crippen LogP contribution < -0.4 is 10.6 Å². The van der Waals surface area contributed by atoms with Crippen molar-refractivity contribution in [2.75, 3.05) is 33.7 Å². The Labute approximate surface area is 132 Å². The van der Waals surface area contributed by atoms with Gasteiger partial charge in [-0.25, -0.2) is 0 Å². The van der Waals surface area contributed by atoms with E-state index in [2.05, 4.69) is 22.5 Å². The van der Waals surface area contributed by atoms with Crippen LogP contribution in [-0.2, 0) is 9.59 Å². The second-order valence-electron chi connectivity index (χ2n) is 6.43. The van der Waals surface area contributed by atoms with Crippen LogP contribution in [0.15, 0.2) is 0 Å². The Bertz CT molecular complexity index is 443. The summed E-state index contributed by atoms with van der Waals surface area (Å²) in [5.74, 6) is -0.0625. The fraction of sp³-hybridized carbons (Fsp3) is 0.867. The van der Waals surface area contributed by atoms with Gasteiger partial charge in [-0.15, -0.1) is 0 Å². The average molecular weight is 312 g/mol. The fourth-order valence-electron chi connectivity index (χ4n) is 3.98. The van der Waals surface area contributed by atoms with Crippen LogP contribution in [-0.4, -0.2) is 84.2 Å². The SMILES string of the molecule is CCN1C(CN(C)[C@H](C(=O)NC)[C@@H](C)O)CCC12CNC2=O. The van der Waals surface area contributed by atoms with Gasteiger partial charge in [-0.3, -0.25) is 19.4 Å². The molecule has 0 aliphatic carbocycles. The number of amides is 2. The van der Waals surface area contributed by atoms with Crippen LogP contribution >= 0.6 is 0 Å². The lowest BCUT2D eigenvalue weighted by molar-refractivity contribution is -0.142. The molecule has 0 radical (unpaired) electrons. The van der Waals surface area contributed by atoms with Gasteiger partial charge in [0, 0.05) is 26.2 Å². The third-order valence-corrected chi connectivity index (χ3v) is 5.13. The molecule has 22 heavy (non-hydrogen) atoms. The van der Waals surface area contributed by atoms with E-state index >= 15 is 0 Å². The number of carbonyl (C=O) groups excluding carboxylic acids is 2. The van der Waals surface area contributed by atoms with Crippen molar-refractivity contribution in [1.82, 2.24) is 20.4 Å². The highest BCUT2D eigenvalue weighted by molar-refractivity contribution is 5.93. The summed E-state index contributed by atoms with van der Waals surface area (Å²) < 4.78 is 0. The number of hydrogen-bond donors (Lipinski definition) is 3. The van der Waals surface area contributed by atoms with E-state index in [0.717, 1.165) is 25.9 Å². The molecule has 3 N–H and O–H groups in total. The number of likely N-dealkylation sites (tertiary alicyclic amines) is 1. The molecule has 2 aliphatic rings. The van der Waals surface area contributed by atoms with Crippen molar-refractivity contribution >= 4 is 11.8 Å².